The Bertz CT molecular complexity index is 604. The minimum atomic E-state index is -0.404. The lowest BCUT2D eigenvalue weighted by molar-refractivity contribution is 0.101. The molecule has 0 aliphatic rings. The van der Waals surface area contributed by atoms with Gasteiger partial charge in [0.1, 0.15) is 17.3 Å². The normalized spacial score (nSPS) is 10.5. The number of halogens is 1. The van der Waals surface area contributed by atoms with E-state index in [0.717, 1.165) is 11.5 Å². The second-order valence-electron chi connectivity index (χ2n) is 4.59. The highest BCUT2D eigenvalue weighted by Crippen LogP contribution is 2.22. The fourth-order valence-electron chi connectivity index (χ4n) is 1.92. The van der Waals surface area contributed by atoms with Gasteiger partial charge in [0.2, 0.25) is 0 Å². The van der Waals surface area contributed by atoms with Crippen molar-refractivity contribution in [2.75, 3.05) is 11.9 Å². The maximum atomic E-state index is 13.9. The van der Waals surface area contributed by atoms with E-state index in [1.807, 2.05) is 19.1 Å². The number of nitrogens with zero attached hydrogens (tertiary/aromatic N) is 1. The van der Waals surface area contributed by atoms with E-state index in [2.05, 4.69) is 0 Å². The molecule has 1 aromatic carbocycles. The monoisotopic (exact) mass is 261 g/mol. The van der Waals surface area contributed by atoms with Crippen molar-refractivity contribution in [3.05, 3.63) is 53.2 Å². The summed E-state index contributed by atoms with van der Waals surface area (Å²) in [7, 11) is 1.78. The van der Waals surface area contributed by atoms with Gasteiger partial charge in [-0.15, -0.1) is 0 Å². The Morgan fingerprint density at radius 3 is 2.58 bits per heavy atom. The van der Waals surface area contributed by atoms with E-state index in [-0.39, 0.29) is 5.78 Å². The van der Waals surface area contributed by atoms with Crippen LogP contribution in [0.4, 0.5) is 10.1 Å². The van der Waals surface area contributed by atoms with E-state index in [1.54, 1.807) is 24.1 Å². The van der Waals surface area contributed by atoms with Crippen molar-refractivity contribution < 1.29 is 13.6 Å². The van der Waals surface area contributed by atoms with Crippen LogP contribution >= 0.6 is 0 Å². The zero-order valence-electron chi connectivity index (χ0n) is 11.2. The van der Waals surface area contributed by atoms with Crippen molar-refractivity contribution in [3.8, 4) is 0 Å². The predicted molar refractivity (Wildman–Crippen MR) is 72.0 cm³/mol. The number of carbonyl (C=O) groups is 1. The Balaban J connectivity index is 2.19. The van der Waals surface area contributed by atoms with E-state index in [9.17, 15) is 9.18 Å². The van der Waals surface area contributed by atoms with Gasteiger partial charge in [0.05, 0.1) is 12.2 Å². The molecule has 100 valence electrons. The second-order valence-corrected chi connectivity index (χ2v) is 4.59. The third-order valence-electron chi connectivity index (χ3n) is 2.95. The third kappa shape index (κ3) is 3.02. The Hall–Kier alpha value is -2.10. The van der Waals surface area contributed by atoms with Crippen LogP contribution in [0.3, 0.4) is 0 Å². The Labute approximate surface area is 111 Å². The maximum absolute atomic E-state index is 13.9. The first-order chi connectivity index (χ1) is 8.97. The van der Waals surface area contributed by atoms with E-state index >= 15 is 0 Å². The number of hydrogen-bond donors (Lipinski definition) is 0. The standard InChI is InChI=1S/C15H16FNO2/c1-10-4-6-13(19-10)9-17(3)15-7-5-12(11(2)18)8-14(15)16/h4-8H,9H2,1-3H3. The number of hydrogen-bond acceptors (Lipinski definition) is 3. The summed E-state index contributed by atoms with van der Waals surface area (Å²) in [5, 5.41) is 0. The molecule has 0 saturated heterocycles. The average Bonchev–Trinajstić information content (AvgIpc) is 2.74. The molecule has 3 nitrogen and oxygen atoms in total. The van der Waals surface area contributed by atoms with Crippen LogP contribution in [0.5, 0.6) is 0 Å². The number of aryl methyl sites for hydroxylation is 1. The molecule has 0 bridgehead atoms. The van der Waals surface area contributed by atoms with E-state index in [0.29, 0.717) is 17.8 Å². The molecule has 1 aromatic heterocycles. The number of Topliss-reactive ketones (excluding diaryl/α,β-unsaturated/α-hetero) is 1. The van der Waals surface area contributed by atoms with Gasteiger partial charge in [-0.1, -0.05) is 0 Å². The molecular formula is C15H16FNO2. The number of carbonyl (C=O) groups excluding carboxylic acids is 1. The predicted octanol–water partition coefficient (Wildman–Crippen LogP) is 3.57. The van der Waals surface area contributed by atoms with Gasteiger partial charge < -0.3 is 9.32 Å². The first-order valence-corrected chi connectivity index (χ1v) is 6.04. The van der Waals surface area contributed by atoms with Crippen LogP contribution in [0.25, 0.3) is 0 Å². The van der Waals surface area contributed by atoms with Gasteiger partial charge in [0.15, 0.2) is 5.78 Å². The molecule has 0 N–H and O–H groups in total. The van der Waals surface area contributed by atoms with Gasteiger partial charge in [0, 0.05) is 12.6 Å². The molecule has 4 heteroatoms. The summed E-state index contributed by atoms with van der Waals surface area (Å²) in [4.78, 5) is 12.9. The molecule has 0 spiro atoms. The van der Waals surface area contributed by atoms with Gasteiger partial charge in [-0.3, -0.25) is 4.79 Å². The SMILES string of the molecule is CC(=O)c1ccc(N(C)Cc2ccc(C)o2)c(F)c1. The van der Waals surface area contributed by atoms with E-state index < -0.39 is 5.82 Å². The Morgan fingerprint density at radius 2 is 2.05 bits per heavy atom. The molecule has 19 heavy (non-hydrogen) atoms. The van der Waals surface area contributed by atoms with Crippen molar-refractivity contribution in [1.29, 1.82) is 0 Å². The summed E-state index contributed by atoms with van der Waals surface area (Å²) in [5.41, 5.74) is 0.822. The van der Waals surface area contributed by atoms with Crippen LogP contribution in [0.1, 0.15) is 28.8 Å². The van der Waals surface area contributed by atoms with Crippen molar-refractivity contribution >= 4 is 11.5 Å². The van der Waals surface area contributed by atoms with Gasteiger partial charge >= 0.3 is 0 Å². The number of rotatable bonds is 4. The molecule has 0 aliphatic carbocycles. The van der Waals surface area contributed by atoms with Gasteiger partial charge in [0.25, 0.3) is 0 Å². The summed E-state index contributed by atoms with van der Waals surface area (Å²) in [6.45, 7) is 3.76. The fraction of sp³-hybridized carbons (Fsp3) is 0.267. The van der Waals surface area contributed by atoms with E-state index in [1.165, 1.54) is 13.0 Å². The molecule has 0 fully saturated rings. The second kappa shape index (κ2) is 5.26. The van der Waals surface area contributed by atoms with Crippen molar-refractivity contribution in [3.63, 3.8) is 0 Å². The molecular weight excluding hydrogens is 245 g/mol. The molecule has 0 unspecified atom stereocenters. The quantitative estimate of drug-likeness (QED) is 0.789. The summed E-state index contributed by atoms with van der Waals surface area (Å²) < 4.78 is 19.4. The maximum Gasteiger partial charge on any atom is 0.159 e. The number of anilines is 1. The van der Waals surface area contributed by atoms with E-state index in [4.69, 9.17) is 4.42 Å². The van der Waals surface area contributed by atoms with Gasteiger partial charge in [-0.05, 0) is 44.2 Å². The summed E-state index contributed by atoms with van der Waals surface area (Å²) in [6, 6.07) is 8.25. The summed E-state index contributed by atoms with van der Waals surface area (Å²) in [6.07, 6.45) is 0. The molecule has 2 aromatic rings. The molecule has 0 amide bonds. The molecule has 2 rings (SSSR count). The van der Waals surface area contributed by atoms with Crippen molar-refractivity contribution in [1.82, 2.24) is 0 Å². The molecule has 0 aliphatic heterocycles. The topological polar surface area (TPSA) is 33.5 Å². The zero-order valence-corrected chi connectivity index (χ0v) is 11.2. The Kier molecular flexibility index (Phi) is 3.69. The largest absolute Gasteiger partial charge is 0.464 e. The first-order valence-electron chi connectivity index (χ1n) is 6.04. The minimum Gasteiger partial charge on any atom is -0.464 e. The minimum absolute atomic E-state index is 0.144. The zero-order chi connectivity index (χ0) is 14.0. The summed E-state index contributed by atoms with van der Waals surface area (Å²) >= 11 is 0. The highest BCUT2D eigenvalue weighted by Gasteiger charge is 2.11. The molecule has 0 saturated carbocycles. The molecule has 0 radical (unpaired) electrons. The molecule has 1 heterocycles. The fourth-order valence-corrected chi connectivity index (χ4v) is 1.92. The smallest absolute Gasteiger partial charge is 0.159 e. The van der Waals surface area contributed by atoms with Crippen LogP contribution in [0, 0.1) is 12.7 Å². The average molecular weight is 261 g/mol. The first kappa shape index (κ1) is 13.3. The van der Waals surface area contributed by atoms with Crippen LogP contribution in [0.2, 0.25) is 0 Å². The van der Waals surface area contributed by atoms with Crippen molar-refractivity contribution in [2.45, 2.75) is 20.4 Å². The Morgan fingerprint density at radius 1 is 1.32 bits per heavy atom. The van der Waals surface area contributed by atoms with Crippen LogP contribution in [0.15, 0.2) is 34.7 Å². The lowest BCUT2D eigenvalue weighted by Crippen LogP contribution is -2.17. The lowest BCUT2D eigenvalue weighted by atomic mass is 10.1. The molecule has 0 atom stereocenters. The highest BCUT2D eigenvalue weighted by atomic mass is 19.1. The van der Waals surface area contributed by atoms with Crippen LogP contribution < -0.4 is 4.90 Å². The van der Waals surface area contributed by atoms with Crippen molar-refractivity contribution in [2.24, 2.45) is 0 Å². The third-order valence-corrected chi connectivity index (χ3v) is 2.95. The van der Waals surface area contributed by atoms with Gasteiger partial charge in [-0.25, -0.2) is 4.39 Å². The highest BCUT2D eigenvalue weighted by molar-refractivity contribution is 5.94. The van der Waals surface area contributed by atoms with Crippen LogP contribution in [-0.4, -0.2) is 12.8 Å². The number of furan rings is 1. The summed E-state index contributed by atoms with van der Waals surface area (Å²) in [5.74, 6) is 1.05. The van der Waals surface area contributed by atoms with Gasteiger partial charge in [-0.2, -0.15) is 0 Å². The lowest BCUT2D eigenvalue weighted by Gasteiger charge is -2.19. The number of benzene rings is 1. The van der Waals surface area contributed by atoms with Crippen LogP contribution in [-0.2, 0) is 6.54 Å². The number of ketones is 1.